The zero-order chi connectivity index (χ0) is 15.8. The van der Waals surface area contributed by atoms with Gasteiger partial charge in [-0.25, -0.2) is 0 Å². The summed E-state index contributed by atoms with van der Waals surface area (Å²) in [5.74, 6) is 0. The van der Waals surface area contributed by atoms with Crippen molar-refractivity contribution in [1.82, 2.24) is 14.8 Å². The maximum Gasteiger partial charge on any atom is 0.104 e. The highest BCUT2D eigenvalue weighted by Crippen LogP contribution is 2.49. The number of hydrogen-bond acceptors (Lipinski definition) is 6. The Hall–Kier alpha value is -2.09. The topological polar surface area (TPSA) is 89.0 Å². The van der Waals surface area contributed by atoms with Gasteiger partial charge in [-0.15, -0.1) is 0 Å². The predicted molar refractivity (Wildman–Crippen MR) is 91.7 cm³/mol. The van der Waals surface area contributed by atoms with Crippen molar-refractivity contribution in [3.63, 3.8) is 0 Å². The number of aliphatic hydroxyl groups excluding tert-OH is 1. The van der Waals surface area contributed by atoms with Gasteiger partial charge in [0, 0.05) is 51.9 Å². The zero-order valence-electron chi connectivity index (χ0n) is 12.5. The van der Waals surface area contributed by atoms with E-state index in [0.717, 1.165) is 44.2 Å². The molecule has 3 heterocycles. The molecule has 0 unspecified atom stereocenters. The smallest absolute Gasteiger partial charge is 0.104 e. The van der Waals surface area contributed by atoms with E-state index in [1.54, 1.807) is 18.0 Å². The van der Waals surface area contributed by atoms with Gasteiger partial charge < -0.3 is 16.2 Å². The number of hydrogen-bond donors (Lipinski definition) is 3. The van der Waals surface area contributed by atoms with Crippen LogP contribution in [0.2, 0.25) is 0 Å². The standard InChI is InChI=1S/C16H17N5OS/c17-4-6-19-11-1-2-12-14-15(20-21(12)7-8-22)10-9-18-5-3-13(10)23-16(11)14/h1-3,5,9,19,22H,4,6-8,17H2. The molecule has 1 aromatic carbocycles. The van der Waals surface area contributed by atoms with Crippen LogP contribution in [-0.4, -0.2) is 39.6 Å². The van der Waals surface area contributed by atoms with Gasteiger partial charge in [-0.1, -0.05) is 11.8 Å². The number of nitrogens with zero attached hydrogens (tertiary/aromatic N) is 3. The molecule has 2 aromatic heterocycles. The van der Waals surface area contributed by atoms with Crippen molar-refractivity contribution in [2.75, 3.05) is 25.0 Å². The minimum absolute atomic E-state index is 0.0613. The fourth-order valence-corrected chi connectivity index (χ4v) is 4.07. The van der Waals surface area contributed by atoms with Crippen LogP contribution in [0.25, 0.3) is 22.2 Å². The lowest BCUT2D eigenvalue weighted by atomic mass is 10.1. The van der Waals surface area contributed by atoms with Crippen LogP contribution in [0.4, 0.5) is 5.69 Å². The second kappa shape index (κ2) is 5.84. The molecule has 4 rings (SSSR count). The number of nitrogens with two attached hydrogens (primary N) is 1. The molecular weight excluding hydrogens is 310 g/mol. The van der Waals surface area contributed by atoms with Crippen molar-refractivity contribution in [2.24, 2.45) is 5.73 Å². The molecule has 0 atom stereocenters. The Balaban J connectivity index is 1.98. The van der Waals surface area contributed by atoms with Gasteiger partial charge in [0.1, 0.15) is 5.69 Å². The molecular formula is C16H17N5OS. The van der Waals surface area contributed by atoms with E-state index in [9.17, 15) is 5.11 Å². The largest absolute Gasteiger partial charge is 0.394 e. The molecule has 4 N–H and O–H groups in total. The second-order valence-corrected chi connectivity index (χ2v) is 6.37. The fourth-order valence-electron chi connectivity index (χ4n) is 2.91. The van der Waals surface area contributed by atoms with Gasteiger partial charge in [-0.2, -0.15) is 5.10 Å². The Morgan fingerprint density at radius 1 is 1.30 bits per heavy atom. The summed E-state index contributed by atoms with van der Waals surface area (Å²) in [6, 6.07) is 6.12. The van der Waals surface area contributed by atoms with Gasteiger partial charge in [-0.05, 0) is 18.2 Å². The summed E-state index contributed by atoms with van der Waals surface area (Å²) in [6.07, 6.45) is 3.66. The van der Waals surface area contributed by atoms with E-state index in [1.807, 2.05) is 23.0 Å². The highest BCUT2D eigenvalue weighted by Gasteiger charge is 2.25. The Labute approximate surface area is 137 Å². The summed E-state index contributed by atoms with van der Waals surface area (Å²) in [4.78, 5) is 6.55. The molecule has 0 bridgehead atoms. The average molecular weight is 327 g/mol. The molecule has 1 aliphatic heterocycles. The molecule has 1 aliphatic rings. The fraction of sp³-hybridized carbons (Fsp3) is 0.250. The third-order valence-corrected chi connectivity index (χ3v) is 5.10. The first kappa shape index (κ1) is 14.5. The first-order chi connectivity index (χ1) is 11.3. The summed E-state index contributed by atoms with van der Waals surface area (Å²) < 4.78 is 1.86. The van der Waals surface area contributed by atoms with Crippen molar-refractivity contribution >= 4 is 28.4 Å². The molecule has 6 nitrogen and oxygen atoms in total. The number of pyridine rings is 1. The predicted octanol–water partition coefficient (Wildman–Crippen LogP) is 1.93. The lowest BCUT2D eigenvalue weighted by Gasteiger charge is -2.18. The highest BCUT2D eigenvalue weighted by molar-refractivity contribution is 8.00. The van der Waals surface area contributed by atoms with E-state index >= 15 is 0 Å². The SMILES string of the molecule is NCCNc1ccc2c3c(nn2CCO)-c2cnccc2Sc13. The van der Waals surface area contributed by atoms with Crippen molar-refractivity contribution in [2.45, 2.75) is 16.3 Å². The van der Waals surface area contributed by atoms with Crippen molar-refractivity contribution in [1.29, 1.82) is 0 Å². The summed E-state index contributed by atoms with van der Waals surface area (Å²) in [5.41, 5.74) is 9.70. The summed E-state index contributed by atoms with van der Waals surface area (Å²) in [5, 5.41) is 18.5. The number of fused-ring (bicyclic) bond motifs is 2. The van der Waals surface area contributed by atoms with Gasteiger partial charge in [0.2, 0.25) is 0 Å². The number of nitrogens with one attached hydrogen (secondary N) is 1. The second-order valence-electron chi connectivity index (χ2n) is 5.32. The van der Waals surface area contributed by atoms with Gasteiger partial charge in [0.05, 0.1) is 18.7 Å². The Bertz CT molecular complexity index is 876. The van der Waals surface area contributed by atoms with Crippen LogP contribution in [0, 0.1) is 0 Å². The molecule has 23 heavy (non-hydrogen) atoms. The van der Waals surface area contributed by atoms with E-state index in [4.69, 9.17) is 10.8 Å². The van der Waals surface area contributed by atoms with Crippen LogP contribution in [0.3, 0.4) is 0 Å². The maximum absolute atomic E-state index is 9.31. The van der Waals surface area contributed by atoms with E-state index in [2.05, 4.69) is 16.4 Å². The number of aliphatic hydroxyl groups is 1. The average Bonchev–Trinajstić information content (AvgIpc) is 2.95. The number of aromatic nitrogens is 3. The maximum atomic E-state index is 9.31. The van der Waals surface area contributed by atoms with Crippen LogP contribution in [-0.2, 0) is 6.54 Å². The zero-order valence-corrected chi connectivity index (χ0v) is 13.3. The molecule has 7 heteroatoms. The van der Waals surface area contributed by atoms with Crippen molar-refractivity contribution in [3.8, 4) is 11.3 Å². The molecule has 0 amide bonds. The van der Waals surface area contributed by atoms with Crippen LogP contribution in [0.5, 0.6) is 0 Å². The molecule has 0 fully saturated rings. The minimum Gasteiger partial charge on any atom is -0.394 e. The molecule has 0 saturated heterocycles. The van der Waals surface area contributed by atoms with Crippen LogP contribution >= 0.6 is 11.8 Å². The summed E-state index contributed by atoms with van der Waals surface area (Å²) in [7, 11) is 0. The van der Waals surface area contributed by atoms with Crippen molar-refractivity contribution < 1.29 is 5.11 Å². The minimum atomic E-state index is 0.0613. The highest BCUT2D eigenvalue weighted by atomic mass is 32.2. The van der Waals surface area contributed by atoms with Crippen LogP contribution in [0.15, 0.2) is 40.4 Å². The third kappa shape index (κ3) is 2.28. The first-order valence-corrected chi connectivity index (χ1v) is 8.35. The summed E-state index contributed by atoms with van der Waals surface area (Å²) >= 11 is 1.72. The quantitative estimate of drug-likeness (QED) is 0.519. The van der Waals surface area contributed by atoms with Gasteiger partial charge >= 0.3 is 0 Å². The number of anilines is 1. The van der Waals surface area contributed by atoms with Gasteiger partial charge in [-0.3, -0.25) is 9.67 Å². The Kier molecular flexibility index (Phi) is 3.68. The lowest BCUT2D eigenvalue weighted by molar-refractivity contribution is 0.272. The lowest BCUT2D eigenvalue weighted by Crippen LogP contribution is -2.13. The monoisotopic (exact) mass is 327 g/mol. The van der Waals surface area contributed by atoms with E-state index in [0.29, 0.717) is 13.1 Å². The molecule has 0 saturated carbocycles. The molecule has 0 radical (unpaired) electrons. The van der Waals surface area contributed by atoms with Gasteiger partial charge in [0.25, 0.3) is 0 Å². The number of benzene rings is 1. The Morgan fingerprint density at radius 2 is 2.22 bits per heavy atom. The molecule has 118 valence electrons. The normalized spacial score (nSPS) is 12.4. The molecule has 0 aliphatic carbocycles. The van der Waals surface area contributed by atoms with E-state index < -0.39 is 0 Å². The van der Waals surface area contributed by atoms with Crippen LogP contribution < -0.4 is 11.1 Å². The number of rotatable bonds is 5. The van der Waals surface area contributed by atoms with Gasteiger partial charge in [0.15, 0.2) is 0 Å². The first-order valence-electron chi connectivity index (χ1n) is 7.54. The third-order valence-electron chi connectivity index (χ3n) is 3.89. The van der Waals surface area contributed by atoms with Crippen LogP contribution in [0.1, 0.15) is 0 Å². The summed E-state index contributed by atoms with van der Waals surface area (Å²) in [6.45, 7) is 1.85. The molecule has 0 spiro atoms. The molecule has 3 aromatic rings. The Morgan fingerprint density at radius 3 is 3.04 bits per heavy atom. The van der Waals surface area contributed by atoms with E-state index in [-0.39, 0.29) is 6.61 Å². The van der Waals surface area contributed by atoms with Crippen molar-refractivity contribution in [3.05, 3.63) is 30.6 Å². The van der Waals surface area contributed by atoms with E-state index in [1.165, 1.54) is 0 Å².